The van der Waals surface area contributed by atoms with Gasteiger partial charge in [-0.2, -0.15) is 0 Å². The first kappa shape index (κ1) is 19.9. The molecule has 22 heavy (non-hydrogen) atoms. The highest BCUT2D eigenvalue weighted by Crippen LogP contribution is 2.31. The van der Waals surface area contributed by atoms with Crippen LogP contribution in [-0.4, -0.2) is 48.8 Å². The van der Waals surface area contributed by atoms with E-state index in [2.05, 4.69) is 51.8 Å². The number of nitrogens with zero attached hydrogens (tertiary/aromatic N) is 1. The van der Waals surface area contributed by atoms with Gasteiger partial charge in [-0.3, -0.25) is 0 Å². The van der Waals surface area contributed by atoms with Gasteiger partial charge in [-0.15, -0.1) is 0 Å². The van der Waals surface area contributed by atoms with Crippen LogP contribution in [-0.2, 0) is 4.74 Å². The lowest BCUT2D eigenvalue weighted by molar-refractivity contribution is -0.0611. The molecule has 1 unspecified atom stereocenters. The van der Waals surface area contributed by atoms with Gasteiger partial charge in [0.15, 0.2) is 0 Å². The van der Waals surface area contributed by atoms with Crippen molar-refractivity contribution >= 4 is 0 Å². The fourth-order valence-electron chi connectivity index (χ4n) is 3.54. The lowest BCUT2D eigenvalue weighted by atomic mass is 9.84. The molecule has 0 radical (unpaired) electrons. The van der Waals surface area contributed by atoms with Gasteiger partial charge in [-0.1, -0.05) is 20.8 Å². The SMILES string of the molecule is CCNC(C)(C)CCOC(C)(CC)CC1CCN(CC)CC1. The fraction of sp³-hybridized carbons (Fsp3) is 1.00. The predicted molar refractivity (Wildman–Crippen MR) is 96.5 cm³/mol. The Morgan fingerprint density at radius 3 is 2.23 bits per heavy atom. The van der Waals surface area contributed by atoms with E-state index in [-0.39, 0.29) is 11.1 Å². The maximum atomic E-state index is 6.36. The average Bonchev–Trinajstić information content (AvgIpc) is 2.47. The van der Waals surface area contributed by atoms with E-state index in [1.807, 2.05) is 0 Å². The summed E-state index contributed by atoms with van der Waals surface area (Å²) in [5.41, 5.74) is 0.233. The zero-order valence-electron chi connectivity index (χ0n) is 16.0. The summed E-state index contributed by atoms with van der Waals surface area (Å²) in [7, 11) is 0. The molecule has 0 aliphatic carbocycles. The van der Waals surface area contributed by atoms with Crippen LogP contribution >= 0.6 is 0 Å². The van der Waals surface area contributed by atoms with Gasteiger partial charge in [0, 0.05) is 12.1 Å². The van der Waals surface area contributed by atoms with E-state index in [0.29, 0.717) is 0 Å². The van der Waals surface area contributed by atoms with Crippen molar-refractivity contribution in [2.24, 2.45) is 5.92 Å². The van der Waals surface area contributed by atoms with E-state index >= 15 is 0 Å². The molecule has 1 fully saturated rings. The third-order valence-electron chi connectivity index (χ3n) is 5.46. The van der Waals surface area contributed by atoms with E-state index in [9.17, 15) is 0 Å². The van der Waals surface area contributed by atoms with Crippen LogP contribution in [0.15, 0.2) is 0 Å². The summed E-state index contributed by atoms with van der Waals surface area (Å²) in [5, 5.41) is 3.53. The zero-order valence-corrected chi connectivity index (χ0v) is 16.0. The summed E-state index contributed by atoms with van der Waals surface area (Å²) in [5.74, 6) is 0.842. The molecule has 1 N–H and O–H groups in total. The maximum Gasteiger partial charge on any atom is 0.0654 e. The van der Waals surface area contributed by atoms with Crippen LogP contribution in [0.5, 0.6) is 0 Å². The largest absolute Gasteiger partial charge is 0.375 e. The first-order chi connectivity index (χ1) is 10.3. The molecule has 1 saturated heterocycles. The van der Waals surface area contributed by atoms with Crippen molar-refractivity contribution in [1.29, 1.82) is 0 Å². The summed E-state index contributed by atoms with van der Waals surface area (Å²) in [6.45, 7) is 19.2. The molecular weight excluding hydrogens is 272 g/mol. The second kappa shape index (κ2) is 9.24. The smallest absolute Gasteiger partial charge is 0.0654 e. The molecule has 1 rings (SSSR count). The average molecular weight is 313 g/mol. The van der Waals surface area contributed by atoms with Crippen molar-refractivity contribution in [2.75, 3.05) is 32.8 Å². The van der Waals surface area contributed by atoms with E-state index in [1.165, 1.54) is 38.9 Å². The standard InChI is InChI=1S/C19H40N2O/c1-7-19(6,22-15-12-18(4,5)20-8-2)16-17-10-13-21(9-3)14-11-17/h17,20H,7-16H2,1-6H3. The second-order valence-electron chi connectivity index (χ2n) is 7.90. The van der Waals surface area contributed by atoms with Crippen LogP contribution < -0.4 is 5.32 Å². The Morgan fingerprint density at radius 2 is 1.73 bits per heavy atom. The van der Waals surface area contributed by atoms with Gasteiger partial charge in [0.2, 0.25) is 0 Å². The Morgan fingerprint density at radius 1 is 1.09 bits per heavy atom. The summed E-state index contributed by atoms with van der Waals surface area (Å²) in [6, 6.07) is 0. The first-order valence-electron chi connectivity index (χ1n) is 9.45. The Balaban J connectivity index is 2.37. The van der Waals surface area contributed by atoms with Crippen molar-refractivity contribution < 1.29 is 4.74 Å². The Bertz CT molecular complexity index is 298. The topological polar surface area (TPSA) is 24.5 Å². The number of hydrogen-bond donors (Lipinski definition) is 1. The summed E-state index contributed by atoms with van der Waals surface area (Å²) < 4.78 is 6.36. The minimum absolute atomic E-state index is 0.0569. The zero-order chi connectivity index (χ0) is 16.6. The molecule has 3 nitrogen and oxygen atoms in total. The molecule has 0 aromatic heterocycles. The van der Waals surface area contributed by atoms with Gasteiger partial charge in [0.1, 0.15) is 0 Å². The molecule has 0 aromatic rings. The van der Waals surface area contributed by atoms with E-state index in [1.54, 1.807) is 0 Å². The Kier molecular flexibility index (Phi) is 8.37. The third kappa shape index (κ3) is 6.97. The third-order valence-corrected chi connectivity index (χ3v) is 5.46. The molecule has 132 valence electrons. The summed E-state index contributed by atoms with van der Waals surface area (Å²) in [6.07, 6.45) is 6.10. The number of hydrogen-bond acceptors (Lipinski definition) is 3. The highest BCUT2D eigenvalue weighted by atomic mass is 16.5. The van der Waals surface area contributed by atoms with Crippen LogP contribution in [0.3, 0.4) is 0 Å². The molecule has 1 atom stereocenters. The van der Waals surface area contributed by atoms with Gasteiger partial charge >= 0.3 is 0 Å². The van der Waals surface area contributed by atoms with Crippen LogP contribution in [0.4, 0.5) is 0 Å². The molecule has 1 aliphatic heterocycles. The molecule has 1 aliphatic rings. The number of piperidine rings is 1. The van der Waals surface area contributed by atoms with Crippen molar-refractivity contribution in [3.8, 4) is 0 Å². The number of likely N-dealkylation sites (tertiary alicyclic amines) is 1. The minimum atomic E-state index is 0.0569. The van der Waals surface area contributed by atoms with E-state index in [0.717, 1.165) is 31.9 Å². The molecular formula is C19H40N2O. The highest BCUT2D eigenvalue weighted by Gasteiger charge is 2.30. The van der Waals surface area contributed by atoms with Crippen LogP contribution in [0, 0.1) is 5.92 Å². The minimum Gasteiger partial charge on any atom is -0.375 e. The van der Waals surface area contributed by atoms with Crippen molar-refractivity contribution in [1.82, 2.24) is 10.2 Å². The first-order valence-corrected chi connectivity index (χ1v) is 9.45. The monoisotopic (exact) mass is 312 g/mol. The molecule has 0 saturated carbocycles. The number of ether oxygens (including phenoxy) is 1. The lowest BCUT2D eigenvalue weighted by Gasteiger charge is -2.38. The fourth-order valence-corrected chi connectivity index (χ4v) is 3.54. The summed E-state index contributed by atoms with van der Waals surface area (Å²) >= 11 is 0. The second-order valence-corrected chi connectivity index (χ2v) is 7.90. The van der Waals surface area contributed by atoms with E-state index in [4.69, 9.17) is 4.74 Å². The Hall–Kier alpha value is -0.120. The number of nitrogens with one attached hydrogen (secondary N) is 1. The highest BCUT2D eigenvalue weighted by molar-refractivity contribution is 4.83. The molecule has 3 heteroatoms. The van der Waals surface area contributed by atoms with Gasteiger partial charge in [0.25, 0.3) is 0 Å². The van der Waals surface area contributed by atoms with Crippen LogP contribution in [0.25, 0.3) is 0 Å². The molecule has 0 bridgehead atoms. The normalized spacial score (nSPS) is 21.0. The predicted octanol–water partition coefficient (Wildman–Crippen LogP) is 4.07. The van der Waals surface area contributed by atoms with Crippen molar-refractivity contribution in [3.63, 3.8) is 0 Å². The van der Waals surface area contributed by atoms with Gasteiger partial charge < -0.3 is 15.0 Å². The maximum absolute atomic E-state index is 6.36. The van der Waals surface area contributed by atoms with Crippen molar-refractivity contribution in [3.05, 3.63) is 0 Å². The number of rotatable bonds is 10. The van der Waals surface area contributed by atoms with Crippen LogP contribution in [0.1, 0.15) is 73.6 Å². The quantitative estimate of drug-likeness (QED) is 0.658. The molecule has 1 heterocycles. The van der Waals surface area contributed by atoms with Gasteiger partial charge in [-0.25, -0.2) is 0 Å². The van der Waals surface area contributed by atoms with E-state index < -0.39 is 0 Å². The Labute approximate surface area is 139 Å². The molecule has 0 amide bonds. The molecule has 0 spiro atoms. The van der Waals surface area contributed by atoms with Gasteiger partial charge in [-0.05, 0) is 85.0 Å². The van der Waals surface area contributed by atoms with Crippen molar-refractivity contribution in [2.45, 2.75) is 84.8 Å². The lowest BCUT2D eigenvalue weighted by Crippen LogP contribution is -2.42. The summed E-state index contributed by atoms with van der Waals surface area (Å²) in [4.78, 5) is 2.57. The molecule has 0 aromatic carbocycles. The van der Waals surface area contributed by atoms with Crippen LogP contribution in [0.2, 0.25) is 0 Å². The van der Waals surface area contributed by atoms with Gasteiger partial charge in [0.05, 0.1) is 5.60 Å².